The fourth-order valence-corrected chi connectivity index (χ4v) is 5.41. The van der Waals surface area contributed by atoms with Crippen molar-refractivity contribution in [2.75, 3.05) is 14.2 Å². The molecule has 0 fully saturated rings. The number of aryl methyl sites for hydroxylation is 1. The molecule has 0 N–H and O–H groups in total. The molecule has 6 aromatic rings. The first-order chi connectivity index (χ1) is 18.7. The summed E-state index contributed by atoms with van der Waals surface area (Å²) >= 11 is 0. The highest BCUT2D eigenvalue weighted by molar-refractivity contribution is 5.91. The van der Waals surface area contributed by atoms with Crippen LogP contribution in [0.3, 0.4) is 0 Å². The van der Waals surface area contributed by atoms with Crippen LogP contribution in [0.1, 0.15) is 28.2 Å². The van der Waals surface area contributed by atoms with Gasteiger partial charge in [0.1, 0.15) is 12.1 Å². The van der Waals surface area contributed by atoms with E-state index < -0.39 is 0 Å². The van der Waals surface area contributed by atoms with Crippen molar-refractivity contribution in [3.63, 3.8) is 0 Å². The Kier molecular flexibility index (Phi) is 5.04. The molecule has 0 saturated heterocycles. The summed E-state index contributed by atoms with van der Waals surface area (Å²) in [7, 11) is 3.29. The molecular formula is C31H24N4O3. The lowest BCUT2D eigenvalue weighted by Crippen LogP contribution is -2.15. The van der Waals surface area contributed by atoms with Crippen LogP contribution in [0.2, 0.25) is 0 Å². The smallest absolute Gasteiger partial charge is 0.228 e. The van der Waals surface area contributed by atoms with E-state index in [4.69, 9.17) is 29.3 Å². The number of rotatable bonds is 4. The Labute approximate surface area is 219 Å². The summed E-state index contributed by atoms with van der Waals surface area (Å²) in [5, 5.41) is 7.04. The Balaban J connectivity index is 1.54. The average Bonchev–Trinajstić information content (AvgIpc) is 3.40. The van der Waals surface area contributed by atoms with E-state index >= 15 is 0 Å². The van der Waals surface area contributed by atoms with Crippen molar-refractivity contribution in [3.05, 3.63) is 107 Å². The lowest BCUT2D eigenvalue weighted by atomic mass is 9.81. The third-order valence-corrected chi connectivity index (χ3v) is 7.23. The second kappa shape index (κ2) is 8.59. The van der Waals surface area contributed by atoms with Gasteiger partial charge in [-0.05, 0) is 47.0 Å². The van der Waals surface area contributed by atoms with Gasteiger partial charge in [0.05, 0.1) is 19.8 Å². The lowest BCUT2D eigenvalue weighted by molar-refractivity contribution is 0.354. The number of hydrogen-bond donors (Lipinski definition) is 0. The minimum Gasteiger partial charge on any atom is -0.493 e. The number of benzene rings is 4. The van der Waals surface area contributed by atoms with E-state index in [-0.39, 0.29) is 5.92 Å². The van der Waals surface area contributed by atoms with Crippen LogP contribution in [0.4, 0.5) is 0 Å². The maximum atomic E-state index is 6.44. The Hall–Kier alpha value is -4.91. The van der Waals surface area contributed by atoms with Crippen LogP contribution in [-0.4, -0.2) is 33.8 Å². The van der Waals surface area contributed by atoms with Crippen LogP contribution < -0.4 is 14.2 Å². The summed E-state index contributed by atoms with van der Waals surface area (Å²) in [6.07, 6.45) is 1.67. The van der Waals surface area contributed by atoms with Crippen LogP contribution in [-0.2, 0) is 0 Å². The van der Waals surface area contributed by atoms with Crippen LogP contribution in [0, 0.1) is 6.92 Å². The molecule has 0 aliphatic carbocycles. The molecule has 38 heavy (non-hydrogen) atoms. The van der Waals surface area contributed by atoms with Gasteiger partial charge in [-0.1, -0.05) is 60.7 Å². The Morgan fingerprint density at radius 1 is 0.842 bits per heavy atom. The second-order valence-electron chi connectivity index (χ2n) is 9.33. The predicted molar refractivity (Wildman–Crippen MR) is 145 cm³/mol. The maximum absolute atomic E-state index is 6.44. The molecule has 0 saturated carbocycles. The van der Waals surface area contributed by atoms with E-state index in [0.29, 0.717) is 28.9 Å². The zero-order valence-corrected chi connectivity index (χ0v) is 21.2. The summed E-state index contributed by atoms with van der Waals surface area (Å²) in [6, 6.07) is 26.6. The third kappa shape index (κ3) is 3.32. The zero-order chi connectivity index (χ0) is 25.8. The highest BCUT2D eigenvalue weighted by Gasteiger charge is 2.35. The minimum absolute atomic E-state index is 0.232. The van der Waals surface area contributed by atoms with Crippen LogP contribution in [0.15, 0.2) is 85.2 Å². The number of aromatic nitrogens is 4. The topological polar surface area (TPSA) is 70.8 Å². The van der Waals surface area contributed by atoms with Crippen molar-refractivity contribution in [2.45, 2.75) is 12.8 Å². The Bertz CT molecular complexity index is 1860. The quantitative estimate of drug-likeness (QED) is 0.273. The normalized spacial score (nSPS) is 14.1. The molecular weight excluding hydrogens is 476 g/mol. The van der Waals surface area contributed by atoms with Gasteiger partial charge in [-0.25, -0.2) is 14.5 Å². The largest absolute Gasteiger partial charge is 0.493 e. The van der Waals surface area contributed by atoms with Crippen molar-refractivity contribution >= 4 is 16.4 Å². The highest BCUT2D eigenvalue weighted by Crippen LogP contribution is 2.51. The Morgan fingerprint density at radius 3 is 2.50 bits per heavy atom. The molecule has 1 atom stereocenters. The summed E-state index contributed by atoms with van der Waals surface area (Å²) in [6.45, 7) is 2.06. The van der Waals surface area contributed by atoms with Gasteiger partial charge in [0.15, 0.2) is 23.0 Å². The molecule has 1 aliphatic rings. The number of fused-ring (bicyclic) bond motifs is 6. The van der Waals surface area contributed by atoms with Gasteiger partial charge in [0.25, 0.3) is 0 Å². The summed E-state index contributed by atoms with van der Waals surface area (Å²) in [4.78, 5) is 9.73. The average molecular weight is 501 g/mol. The van der Waals surface area contributed by atoms with Gasteiger partial charge in [-0.3, -0.25) is 0 Å². The number of methoxy groups -OCH3 is 2. The van der Waals surface area contributed by atoms with E-state index in [1.807, 2.05) is 42.5 Å². The minimum atomic E-state index is -0.232. The molecule has 4 aromatic carbocycles. The standard InChI is InChI=1S/C31H24N4O3/c1-18-8-4-6-10-21(18)29-33-30-28-26(20-13-14-23(36-2)25(16-20)37-3)27-22-11-7-5-9-19(22)12-15-24(27)38-31(28)32-17-35(30)34-29/h4-17,26H,1-3H3/t26-/m1/s1. The van der Waals surface area contributed by atoms with Gasteiger partial charge in [0.2, 0.25) is 5.88 Å². The van der Waals surface area contributed by atoms with E-state index in [9.17, 15) is 0 Å². The molecule has 7 rings (SSSR count). The number of nitrogens with zero attached hydrogens (tertiary/aromatic N) is 4. The van der Waals surface area contributed by atoms with Gasteiger partial charge in [-0.15, -0.1) is 5.10 Å². The number of ether oxygens (including phenoxy) is 3. The SMILES string of the molecule is COc1ccc([C@@H]2c3c(ccc4ccccc34)Oc3ncn4nc(-c5ccccc5C)nc4c32)cc1OC. The molecule has 0 unspecified atom stereocenters. The van der Waals surface area contributed by atoms with Crippen molar-refractivity contribution in [1.82, 2.24) is 19.6 Å². The first-order valence-corrected chi connectivity index (χ1v) is 12.4. The van der Waals surface area contributed by atoms with Gasteiger partial charge < -0.3 is 14.2 Å². The van der Waals surface area contributed by atoms with Crippen LogP contribution >= 0.6 is 0 Å². The first kappa shape index (κ1) is 22.3. The molecule has 2 aromatic heterocycles. The van der Waals surface area contributed by atoms with Crippen molar-refractivity contribution < 1.29 is 14.2 Å². The summed E-state index contributed by atoms with van der Waals surface area (Å²) in [5.74, 6) is 3.03. The molecule has 1 aliphatic heterocycles. The maximum Gasteiger partial charge on any atom is 0.228 e. The molecule has 0 radical (unpaired) electrons. The van der Waals surface area contributed by atoms with E-state index in [2.05, 4.69) is 43.3 Å². The number of hydrogen-bond acceptors (Lipinski definition) is 6. The Morgan fingerprint density at radius 2 is 1.66 bits per heavy atom. The predicted octanol–water partition coefficient (Wildman–Crippen LogP) is 6.56. The molecule has 3 heterocycles. The molecule has 7 nitrogen and oxygen atoms in total. The van der Waals surface area contributed by atoms with Crippen LogP contribution in [0.5, 0.6) is 23.1 Å². The van der Waals surface area contributed by atoms with Crippen LogP contribution in [0.25, 0.3) is 27.8 Å². The molecule has 0 spiro atoms. The molecule has 0 bridgehead atoms. The van der Waals surface area contributed by atoms with Crippen molar-refractivity contribution in [3.8, 4) is 34.5 Å². The zero-order valence-electron chi connectivity index (χ0n) is 21.2. The first-order valence-electron chi connectivity index (χ1n) is 12.4. The van der Waals surface area contributed by atoms with Gasteiger partial charge >= 0.3 is 0 Å². The monoisotopic (exact) mass is 500 g/mol. The second-order valence-corrected chi connectivity index (χ2v) is 9.33. The van der Waals surface area contributed by atoms with Gasteiger partial charge in [-0.2, -0.15) is 0 Å². The molecule has 186 valence electrons. The third-order valence-electron chi connectivity index (χ3n) is 7.23. The lowest BCUT2D eigenvalue weighted by Gasteiger charge is -2.29. The highest BCUT2D eigenvalue weighted by atomic mass is 16.5. The fraction of sp³-hybridized carbons (Fsp3) is 0.129. The molecule has 7 heteroatoms. The van der Waals surface area contributed by atoms with Crippen molar-refractivity contribution in [2.24, 2.45) is 0 Å². The van der Waals surface area contributed by atoms with E-state index in [1.165, 1.54) is 0 Å². The molecule has 0 amide bonds. The summed E-state index contributed by atoms with van der Waals surface area (Å²) in [5.41, 5.74) is 5.71. The van der Waals surface area contributed by atoms with Crippen molar-refractivity contribution in [1.29, 1.82) is 0 Å². The fourth-order valence-electron chi connectivity index (χ4n) is 5.41. The van der Waals surface area contributed by atoms with Gasteiger partial charge in [0, 0.05) is 17.0 Å². The summed E-state index contributed by atoms with van der Waals surface area (Å²) < 4.78 is 19.4. The van der Waals surface area contributed by atoms with E-state index in [0.717, 1.165) is 44.3 Å². The van der Waals surface area contributed by atoms with E-state index in [1.54, 1.807) is 25.1 Å².